The predicted octanol–water partition coefficient (Wildman–Crippen LogP) is 2.50. The molecular weight excluding hydrogens is 382 g/mol. The first-order chi connectivity index (χ1) is 14.3. The number of piperazine rings is 1. The lowest BCUT2D eigenvalue weighted by Gasteiger charge is -2.36. The number of carbonyl (C=O) groups is 2. The maximum Gasteiger partial charge on any atom is 0.261 e. The largest absolute Gasteiger partial charge is 0.495 e. The molecule has 2 aliphatic rings. The number of hydrogen-bond donors (Lipinski definition) is 1. The first kappa shape index (κ1) is 20.2. The van der Waals surface area contributed by atoms with Crippen LogP contribution in [0.25, 0.3) is 0 Å². The highest BCUT2D eigenvalue weighted by molar-refractivity contribution is 6.02. The molecule has 2 heterocycles. The molecule has 7 nitrogen and oxygen atoms in total. The van der Waals surface area contributed by atoms with Gasteiger partial charge in [-0.1, -0.05) is 26.0 Å². The molecule has 4 rings (SSSR count). The summed E-state index contributed by atoms with van der Waals surface area (Å²) in [5.74, 6) is 0.453. The summed E-state index contributed by atoms with van der Waals surface area (Å²) in [5.41, 5.74) is 1.55. The molecule has 0 spiro atoms. The zero-order chi connectivity index (χ0) is 21.5. The van der Waals surface area contributed by atoms with Crippen LogP contribution in [-0.4, -0.2) is 54.9 Å². The van der Waals surface area contributed by atoms with Crippen molar-refractivity contribution in [3.05, 3.63) is 57.5 Å². The molecule has 7 heteroatoms. The fourth-order valence-corrected chi connectivity index (χ4v) is 4.40. The van der Waals surface area contributed by atoms with Crippen molar-refractivity contribution >= 4 is 17.4 Å². The highest BCUT2D eigenvalue weighted by Crippen LogP contribution is 2.33. The molecule has 0 atom stereocenters. The van der Waals surface area contributed by atoms with Crippen LogP contribution in [0, 0.1) is 5.41 Å². The number of ketones is 1. The molecule has 0 unspecified atom stereocenters. The van der Waals surface area contributed by atoms with Crippen molar-refractivity contribution in [3.8, 4) is 5.75 Å². The molecule has 1 aromatic heterocycles. The number of methoxy groups -OCH3 is 1. The zero-order valence-corrected chi connectivity index (χ0v) is 17.7. The molecular formula is C23H27N3O4. The van der Waals surface area contributed by atoms with E-state index in [4.69, 9.17) is 4.74 Å². The SMILES string of the molecule is COc1ccccc1N1CCN(C(=O)c2cc3c([nH]c2=O)CC(C)(C)CC3=O)CC1. The molecule has 2 aromatic rings. The van der Waals surface area contributed by atoms with Crippen LogP contribution in [0.5, 0.6) is 5.75 Å². The Balaban J connectivity index is 1.52. The number of pyridine rings is 1. The standard InChI is InChI=1S/C23H27N3O4/c1-23(2)13-17-15(19(27)14-23)12-16(21(28)24-17)22(29)26-10-8-25(9-11-26)18-6-4-5-7-20(18)30-3/h4-7,12H,8-11,13-14H2,1-3H3,(H,24,28). The number of benzene rings is 1. The number of hydrogen-bond acceptors (Lipinski definition) is 5. The van der Waals surface area contributed by atoms with Gasteiger partial charge in [0.15, 0.2) is 5.78 Å². The molecule has 1 amide bonds. The Morgan fingerprint density at radius 1 is 1.07 bits per heavy atom. The first-order valence-electron chi connectivity index (χ1n) is 10.3. The summed E-state index contributed by atoms with van der Waals surface area (Å²) in [6.07, 6.45) is 1.03. The van der Waals surface area contributed by atoms with Crippen molar-refractivity contribution in [3.63, 3.8) is 0 Å². The third-order valence-corrected chi connectivity index (χ3v) is 5.94. The number of Topliss-reactive ketones (excluding diaryl/α,β-unsaturated/α-hetero) is 1. The lowest BCUT2D eigenvalue weighted by atomic mass is 9.75. The predicted molar refractivity (Wildman–Crippen MR) is 115 cm³/mol. The van der Waals surface area contributed by atoms with Crippen LogP contribution in [0.4, 0.5) is 5.69 Å². The summed E-state index contributed by atoms with van der Waals surface area (Å²) in [5, 5.41) is 0. The van der Waals surface area contributed by atoms with Gasteiger partial charge in [-0.05, 0) is 30.0 Å². The number of nitrogens with zero attached hydrogens (tertiary/aromatic N) is 2. The summed E-state index contributed by atoms with van der Waals surface area (Å²) >= 11 is 0. The summed E-state index contributed by atoms with van der Waals surface area (Å²) in [6.45, 7) is 6.28. The molecule has 30 heavy (non-hydrogen) atoms. The van der Waals surface area contributed by atoms with Gasteiger partial charge in [-0.2, -0.15) is 0 Å². The van der Waals surface area contributed by atoms with Crippen molar-refractivity contribution in [1.82, 2.24) is 9.88 Å². The maximum atomic E-state index is 13.1. The number of amides is 1. The van der Waals surface area contributed by atoms with E-state index in [1.165, 1.54) is 6.07 Å². The summed E-state index contributed by atoms with van der Waals surface area (Å²) in [4.78, 5) is 44.9. The Bertz CT molecular complexity index is 1050. The Morgan fingerprint density at radius 3 is 2.47 bits per heavy atom. The molecule has 1 N–H and O–H groups in total. The van der Waals surface area contributed by atoms with Gasteiger partial charge in [-0.15, -0.1) is 0 Å². The highest BCUT2D eigenvalue weighted by atomic mass is 16.5. The van der Waals surface area contributed by atoms with E-state index in [0.29, 0.717) is 50.3 Å². The van der Waals surface area contributed by atoms with Gasteiger partial charge in [0.05, 0.1) is 12.8 Å². The second-order valence-electron chi connectivity index (χ2n) is 8.80. The van der Waals surface area contributed by atoms with Gasteiger partial charge in [0, 0.05) is 43.9 Å². The van der Waals surface area contributed by atoms with Crippen LogP contribution in [0.1, 0.15) is 46.7 Å². The number of nitrogens with one attached hydrogen (secondary N) is 1. The van der Waals surface area contributed by atoms with Crippen molar-refractivity contribution in [1.29, 1.82) is 0 Å². The van der Waals surface area contributed by atoms with E-state index in [9.17, 15) is 14.4 Å². The van der Waals surface area contributed by atoms with Crippen molar-refractivity contribution < 1.29 is 14.3 Å². The number of rotatable bonds is 3. The van der Waals surface area contributed by atoms with E-state index in [2.05, 4.69) is 9.88 Å². The van der Waals surface area contributed by atoms with Crippen LogP contribution in [0.15, 0.2) is 35.1 Å². The number of aromatic nitrogens is 1. The monoisotopic (exact) mass is 409 g/mol. The van der Waals surface area contributed by atoms with Crippen LogP contribution in [0.2, 0.25) is 0 Å². The number of carbonyl (C=O) groups excluding carboxylic acids is 2. The molecule has 1 fully saturated rings. The number of anilines is 1. The Morgan fingerprint density at radius 2 is 1.77 bits per heavy atom. The van der Waals surface area contributed by atoms with E-state index >= 15 is 0 Å². The van der Waals surface area contributed by atoms with E-state index in [-0.39, 0.29) is 22.7 Å². The van der Waals surface area contributed by atoms with E-state index in [1.807, 2.05) is 38.1 Å². The van der Waals surface area contributed by atoms with Crippen molar-refractivity contribution in [2.75, 3.05) is 38.2 Å². The number of ether oxygens (including phenoxy) is 1. The Hall–Kier alpha value is -3.09. The third-order valence-electron chi connectivity index (χ3n) is 5.94. The van der Waals surface area contributed by atoms with Crippen molar-refractivity contribution in [2.45, 2.75) is 26.7 Å². The second kappa shape index (κ2) is 7.63. The van der Waals surface area contributed by atoms with E-state index in [1.54, 1.807) is 12.0 Å². The van der Waals surface area contributed by atoms with Gasteiger partial charge in [0.1, 0.15) is 11.3 Å². The molecule has 0 saturated carbocycles. The topological polar surface area (TPSA) is 82.7 Å². The Labute approximate surface area is 175 Å². The summed E-state index contributed by atoms with van der Waals surface area (Å²) in [6, 6.07) is 9.29. The fraction of sp³-hybridized carbons (Fsp3) is 0.435. The highest BCUT2D eigenvalue weighted by Gasteiger charge is 2.33. The molecule has 1 saturated heterocycles. The molecule has 1 aliphatic heterocycles. The molecule has 0 radical (unpaired) electrons. The van der Waals surface area contributed by atoms with Gasteiger partial charge >= 0.3 is 0 Å². The minimum Gasteiger partial charge on any atom is -0.495 e. The van der Waals surface area contributed by atoms with E-state index < -0.39 is 5.56 Å². The molecule has 1 aliphatic carbocycles. The minimum atomic E-state index is -0.420. The average Bonchev–Trinajstić information content (AvgIpc) is 2.72. The number of para-hydroxylation sites is 2. The number of aromatic amines is 1. The smallest absolute Gasteiger partial charge is 0.261 e. The quantitative estimate of drug-likeness (QED) is 0.842. The maximum absolute atomic E-state index is 13.1. The van der Waals surface area contributed by atoms with Gasteiger partial charge in [-0.3, -0.25) is 14.4 Å². The van der Waals surface area contributed by atoms with Crippen LogP contribution in [0.3, 0.4) is 0 Å². The third kappa shape index (κ3) is 3.72. The first-order valence-corrected chi connectivity index (χ1v) is 10.3. The van der Waals surface area contributed by atoms with Gasteiger partial charge < -0.3 is 19.5 Å². The van der Waals surface area contributed by atoms with Crippen molar-refractivity contribution in [2.24, 2.45) is 5.41 Å². The fourth-order valence-electron chi connectivity index (χ4n) is 4.40. The Kier molecular flexibility index (Phi) is 5.13. The summed E-state index contributed by atoms with van der Waals surface area (Å²) < 4.78 is 5.44. The molecule has 0 bridgehead atoms. The van der Waals surface area contributed by atoms with Gasteiger partial charge in [-0.25, -0.2) is 0 Å². The molecule has 158 valence electrons. The van der Waals surface area contributed by atoms with E-state index in [0.717, 1.165) is 11.4 Å². The minimum absolute atomic E-state index is 0.0208. The second-order valence-corrected chi connectivity index (χ2v) is 8.80. The normalized spacial score (nSPS) is 18.2. The molecule has 1 aromatic carbocycles. The summed E-state index contributed by atoms with van der Waals surface area (Å²) in [7, 11) is 1.64. The number of fused-ring (bicyclic) bond motifs is 1. The van der Waals surface area contributed by atoms with Crippen LogP contribution < -0.4 is 15.2 Å². The lowest BCUT2D eigenvalue weighted by molar-refractivity contribution is 0.0744. The van der Waals surface area contributed by atoms with Gasteiger partial charge in [0.2, 0.25) is 0 Å². The number of H-pyrrole nitrogens is 1. The average molecular weight is 409 g/mol. The van der Waals surface area contributed by atoms with Crippen LogP contribution >= 0.6 is 0 Å². The zero-order valence-electron chi connectivity index (χ0n) is 17.7. The van der Waals surface area contributed by atoms with Gasteiger partial charge in [0.25, 0.3) is 11.5 Å². The lowest BCUT2D eigenvalue weighted by Crippen LogP contribution is -2.50. The van der Waals surface area contributed by atoms with Crippen LogP contribution in [-0.2, 0) is 6.42 Å².